The summed E-state index contributed by atoms with van der Waals surface area (Å²) in [7, 11) is 0. The highest BCUT2D eigenvalue weighted by Gasteiger charge is 2.11. The van der Waals surface area contributed by atoms with Gasteiger partial charge in [-0.25, -0.2) is 4.39 Å². The van der Waals surface area contributed by atoms with Gasteiger partial charge in [0.15, 0.2) is 11.6 Å². The molecule has 5 heteroatoms. The van der Waals surface area contributed by atoms with Gasteiger partial charge in [0.25, 0.3) is 0 Å². The number of ether oxygens (including phenoxy) is 1. The first kappa shape index (κ1) is 15.1. The fourth-order valence-corrected chi connectivity index (χ4v) is 2.28. The van der Waals surface area contributed by atoms with Gasteiger partial charge in [0.05, 0.1) is 0 Å². The molecule has 2 aromatic carbocycles. The molecule has 0 saturated heterocycles. The summed E-state index contributed by atoms with van der Waals surface area (Å²) in [5, 5.41) is 4.03. The molecule has 0 aliphatic heterocycles. The number of hydrogen-bond acceptors (Lipinski definition) is 2. The van der Waals surface area contributed by atoms with Crippen LogP contribution in [0.5, 0.6) is 11.5 Å². The van der Waals surface area contributed by atoms with E-state index in [0.29, 0.717) is 22.3 Å². The van der Waals surface area contributed by atoms with Crippen LogP contribution in [-0.2, 0) is 6.54 Å². The molecule has 0 saturated carbocycles. The molecule has 0 fully saturated rings. The van der Waals surface area contributed by atoms with E-state index in [2.05, 4.69) is 5.32 Å². The molecule has 2 nitrogen and oxygen atoms in total. The van der Waals surface area contributed by atoms with Gasteiger partial charge in [-0.3, -0.25) is 0 Å². The van der Waals surface area contributed by atoms with Crippen molar-refractivity contribution in [1.82, 2.24) is 5.32 Å². The summed E-state index contributed by atoms with van der Waals surface area (Å²) < 4.78 is 19.6. The molecular weight excluding hydrogens is 300 g/mol. The number of halogens is 3. The summed E-state index contributed by atoms with van der Waals surface area (Å²) in [5.74, 6) is 0.175. The first-order valence-electron chi connectivity index (χ1n) is 6.22. The van der Waals surface area contributed by atoms with Gasteiger partial charge in [0, 0.05) is 22.2 Å². The molecule has 0 aliphatic rings. The largest absolute Gasteiger partial charge is 0.454 e. The summed E-state index contributed by atoms with van der Waals surface area (Å²) in [5.41, 5.74) is 0.739. The second-order valence-electron chi connectivity index (χ2n) is 4.22. The monoisotopic (exact) mass is 313 g/mol. The van der Waals surface area contributed by atoms with Crippen LogP contribution in [0.4, 0.5) is 4.39 Å². The maximum atomic E-state index is 13.9. The second kappa shape index (κ2) is 6.93. The number of rotatable bonds is 5. The SMILES string of the molecule is CCNCc1cccc(F)c1Oc1cc(Cl)cc(Cl)c1. The fourth-order valence-electron chi connectivity index (χ4n) is 1.77. The third-order valence-corrected chi connectivity index (χ3v) is 3.11. The van der Waals surface area contributed by atoms with Crippen molar-refractivity contribution in [3.8, 4) is 11.5 Å². The Balaban J connectivity index is 2.31. The van der Waals surface area contributed by atoms with Gasteiger partial charge in [-0.15, -0.1) is 0 Å². The van der Waals surface area contributed by atoms with Crippen LogP contribution in [0.15, 0.2) is 36.4 Å². The van der Waals surface area contributed by atoms with Crippen LogP contribution in [0.25, 0.3) is 0 Å². The molecule has 106 valence electrons. The maximum absolute atomic E-state index is 13.9. The zero-order valence-corrected chi connectivity index (χ0v) is 12.4. The van der Waals surface area contributed by atoms with Gasteiger partial charge in [0.1, 0.15) is 5.75 Å². The fraction of sp³-hybridized carbons (Fsp3) is 0.200. The van der Waals surface area contributed by atoms with Crippen LogP contribution in [0, 0.1) is 5.82 Å². The quantitative estimate of drug-likeness (QED) is 0.835. The average Bonchev–Trinajstić information content (AvgIpc) is 2.38. The molecule has 0 spiro atoms. The van der Waals surface area contributed by atoms with E-state index in [4.69, 9.17) is 27.9 Å². The Hall–Kier alpha value is -1.29. The van der Waals surface area contributed by atoms with Crippen molar-refractivity contribution in [2.45, 2.75) is 13.5 Å². The van der Waals surface area contributed by atoms with Crippen LogP contribution in [0.3, 0.4) is 0 Å². The lowest BCUT2D eigenvalue weighted by Crippen LogP contribution is -2.12. The maximum Gasteiger partial charge on any atom is 0.167 e. The summed E-state index contributed by atoms with van der Waals surface area (Å²) in [6.07, 6.45) is 0. The van der Waals surface area contributed by atoms with Crippen molar-refractivity contribution >= 4 is 23.2 Å². The lowest BCUT2D eigenvalue weighted by molar-refractivity contribution is 0.434. The Morgan fingerprint density at radius 2 is 1.85 bits per heavy atom. The molecule has 2 rings (SSSR count). The van der Waals surface area contributed by atoms with E-state index in [-0.39, 0.29) is 5.75 Å². The molecule has 2 aromatic rings. The molecule has 0 amide bonds. The Morgan fingerprint density at radius 3 is 2.50 bits per heavy atom. The summed E-state index contributed by atoms with van der Waals surface area (Å²) in [6.45, 7) is 3.30. The Morgan fingerprint density at radius 1 is 1.15 bits per heavy atom. The summed E-state index contributed by atoms with van der Waals surface area (Å²) in [4.78, 5) is 0. The van der Waals surface area contributed by atoms with Gasteiger partial charge < -0.3 is 10.1 Å². The molecule has 0 unspecified atom stereocenters. The van der Waals surface area contributed by atoms with Crippen molar-refractivity contribution in [3.63, 3.8) is 0 Å². The smallest absolute Gasteiger partial charge is 0.167 e. The van der Waals surface area contributed by atoms with Crippen LogP contribution >= 0.6 is 23.2 Å². The van der Waals surface area contributed by atoms with Crippen molar-refractivity contribution < 1.29 is 9.13 Å². The number of para-hydroxylation sites is 1. The molecule has 1 N–H and O–H groups in total. The second-order valence-corrected chi connectivity index (χ2v) is 5.09. The Labute approximate surface area is 127 Å². The van der Waals surface area contributed by atoms with E-state index in [9.17, 15) is 4.39 Å². The predicted octanol–water partition coefficient (Wildman–Crippen LogP) is 5.03. The molecule has 0 aromatic heterocycles. The molecule has 0 atom stereocenters. The van der Waals surface area contributed by atoms with E-state index in [1.807, 2.05) is 13.0 Å². The number of hydrogen-bond donors (Lipinski definition) is 1. The lowest BCUT2D eigenvalue weighted by atomic mass is 10.2. The van der Waals surface area contributed by atoms with Crippen LogP contribution in [0.1, 0.15) is 12.5 Å². The van der Waals surface area contributed by atoms with Gasteiger partial charge in [0.2, 0.25) is 0 Å². The van der Waals surface area contributed by atoms with E-state index in [0.717, 1.165) is 12.1 Å². The molecule has 0 aliphatic carbocycles. The van der Waals surface area contributed by atoms with Gasteiger partial charge in [-0.2, -0.15) is 0 Å². The first-order valence-corrected chi connectivity index (χ1v) is 6.97. The first-order chi connectivity index (χ1) is 9.60. The van der Waals surface area contributed by atoms with Crippen LogP contribution in [0.2, 0.25) is 10.0 Å². The number of benzene rings is 2. The highest BCUT2D eigenvalue weighted by molar-refractivity contribution is 6.34. The summed E-state index contributed by atoms with van der Waals surface area (Å²) in [6, 6.07) is 9.61. The normalized spacial score (nSPS) is 10.6. The highest BCUT2D eigenvalue weighted by Crippen LogP contribution is 2.32. The zero-order valence-electron chi connectivity index (χ0n) is 10.9. The van der Waals surface area contributed by atoms with E-state index >= 15 is 0 Å². The van der Waals surface area contributed by atoms with E-state index in [1.165, 1.54) is 6.07 Å². The molecule has 0 heterocycles. The number of nitrogens with one attached hydrogen (secondary N) is 1. The van der Waals surface area contributed by atoms with E-state index < -0.39 is 5.82 Å². The van der Waals surface area contributed by atoms with Crippen LogP contribution in [-0.4, -0.2) is 6.54 Å². The minimum absolute atomic E-state index is 0.187. The lowest BCUT2D eigenvalue weighted by Gasteiger charge is -2.13. The minimum atomic E-state index is -0.420. The highest BCUT2D eigenvalue weighted by atomic mass is 35.5. The Bertz CT molecular complexity index is 584. The van der Waals surface area contributed by atoms with Crippen molar-refractivity contribution in [3.05, 3.63) is 57.8 Å². The van der Waals surface area contributed by atoms with Crippen molar-refractivity contribution in [2.75, 3.05) is 6.54 Å². The van der Waals surface area contributed by atoms with Crippen molar-refractivity contribution in [2.24, 2.45) is 0 Å². The predicted molar refractivity (Wildman–Crippen MR) is 80.3 cm³/mol. The third kappa shape index (κ3) is 3.85. The average molecular weight is 314 g/mol. The molecule has 0 bridgehead atoms. The van der Waals surface area contributed by atoms with Crippen LogP contribution < -0.4 is 10.1 Å². The van der Waals surface area contributed by atoms with Crippen molar-refractivity contribution in [1.29, 1.82) is 0 Å². The van der Waals surface area contributed by atoms with E-state index in [1.54, 1.807) is 24.3 Å². The standard InChI is InChI=1S/C15H14Cl2FNO/c1-2-19-9-10-4-3-5-14(18)15(10)20-13-7-11(16)6-12(17)8-13/h3-8,19H,2,9H2,1H3. The summed E-state index contributed by atoms with van der Waals surface area (Å²) >= 11 is 11.8. The van der Waals surface area contributed by atoms with Gasteiger partial charge in [-0.05, 0) is 30.8 Å². The third-order valence-electron chi connectivity index (χ3n) is 2.67. The molecular formula is C15H14Cl2FNO. The molecule has 0 radical (unpaired) electrons. The van der Waals surface area contributed by atoms with Gasteiger partial charge >= 0.3 is 0 Å². The Kier molecular flexibility index (Phi) is 5.24. The zero-order chi connectivity index (χ0) is 14.5. The van der Waals surface area contributed by atoms with Gasteiger partial charge in [-0.1, -0.05) is 42.3 Å². The molecule has 20 heavy (non-hydrogen) atoms. The minimum Gasteiger partial charge on any atom is -0.454 e. The topological polar surface area (TPSA) is 21.3 Å².